The first-order chi connectivity index (χ1) is 14.6. The van der Waals surface area contributed by atoms with Gasteiger partial charge in [0.05, 0.1) is 17.6 Å². The molecule has 0 atom stereocenters. The van der Waals surface area contributed by atoms with Crippen molar-refractivity contribution in [3.8, 4) is 5.75 Å². The second kappa shape index (κ2) is 14.6. The van der Waals surface area contributed by atoms with Crippen molar-refractivity contribution >= 4 is 20.9 Å². The summed E-state index contributed by atoms with van der Waals surface area (Å²) in [6.07, 6.45) is 1.58. The lowest BCUT2D eigenvalue weighted by molar-refractivity contribution is 0.322. The molecule has 0 fully saturated rings. The highest BCUT2D eigenvalue weighted by atomic mass is 32.2. The van der Waals surface area contributed by atoms with Crippen molar-refractivity contribution in [3.63, 3.8) is 0 Å². The Kier molecular flexibility index (Phi) is 13.4. The van der Waals surface area contributed by atoms with Gasteiger partial charge in [-0.15, -0.1) is 0 Å². The number of halogens is 1. The maximum absolute atomic E-state index is 13.0. The molecule has 0 radical (unpaired) electrons. The van der Waals surface area contributed by atoms with E-state index in [9.17, 15) is 12.8 Å². The monoisotopic (exact) mass is 438 g/mol. The Balaban J connectivity index is 0.00000129. The van der Waals surface area contributed by atoms with E-state index in [1.54, 1.807) is 49.5 Å². The van der Waals surface area contributed by atoms with Crippen molar-refractivity contribution in [1.82, 2.24) is 9.29 Å². The first-order valence-electron chi connectivity index (χ1n) is 10.1. The summed E-state index contributed by atoms with van der Waals surface area (Å²) in [5, 5.41) is 3.80. The van der Waals surface area contributed by atoms with E-state index in [-0.39, 0.29) is 0 Å². The van der Waals surface area contributed by atoms with Crippen molar-refractivity contribution in [2.45, 2.75) is 39.5 Å². The Morgan fingerprint density at radius 3 is 2.20 bits per heavy atom. The molecule has 3 aromatic rings. The summed E-state index contributed by atoms with van der Waals surface area (Å²) in [5.41, 5.74) is 1.33. The molecule has 1 heterocycles. The molecular weight excluding hydrogens is 403 g/mol. The van der Waals surface area contributed by atoms with Crippen LogP contribution in [0.5, 0.6) is 5.75 Å². The third kappa shape index (κ3) is 6.57. The van der Waals surface area contributed by atoms with E-state index in [1.165, 1.54) is 3.97 Å². The summed E-state index contributed by atoms with van der Waals surface area (Å²) in [6.45, 7) is 11.0. The van der Waals surface area contributed by atoms with Crippen molar-refractivity contribution in [1.29, 1.82) is 0 Å². The van der Waals surface area contributed by atoms with Crippen LogP contribution in [0.25, 0.3) is 10.9 Å². The van der Waals surface area contributed by atoms with Crippen LogP contribution in [-0.4, -0.2) is 39.8 Å². The summed E-state index contributed by atoms with van der Waals surface area (Å²) in [4.78, 5) is 0.309. The number of ether oxygens (including phenoxy) is 1. The van der Waals surface area contributed by atoms with Crippen LogP contribution in [0.15, 0.2) is 59.6 Å². The number of aryl methyl sites for hydroxylation is 1. The molecule has 2 aromatic carbocycles. The fraction of sp³-hybridized carbons (Fsp3) is 0.391. The van der Waals surface area contributed by atoms with Gasteiger partial charge < -0.3 is 10.1 Å². The van der Waals surface area contributed by atoms with Gasteiger partial charge in [-0.3, -0.25) is 4.39 Å². The third-order valence-electron chi connectivity index (χ3n) is 3.90. The molecule has 1 N–H and O–H groups in total. The summed E-state index contributed by atoms with van der Waals surface area (Å²) >= 11 is 0. The fourth-order valence-electron chi connectivity index (χ4n) is 2.66. The highest BCUT2D eigenvalue weighted by Crippen LogP contribution is 2.29. The lowest BCUT2D eigenvalue weighted by Gasteiger charge is -2.11. The van der Waals surface area contributed by atoms with E-state index in [0.717, 1.165) is 17.5 Å². The van der Waals surface area contributed by atoms with E-state index in [1.807, 2.05) is 46.9 Å². The number of hydrogen-bond donors (Lipinski definition) is 1. The number of fused-ring (bicyclic) bond motifs is 1. The molecule has 0 saturated heterocycles. The molecule has 0 aliphatic heterocycles. The van der Waals surface area contributed by atoms with E-state index in [0.29, 0.717) is 29.9 Å². The zero-order valence-electron chi connectivity index (χ0n) is 19.1. The topological polar surface area (TPSA) is 60.3 Å². The molecule has 0 saturated carbocycles. The zero-order valence-corrected chi connectivity index (χ0v) is 19.9. The van der Waals surface area contributed by atoms with Crippen molar-refractivity contribution in [3.05, 3.63) is 60.3 Å². The maximum Gasteiger partial charge on any atom is 0.268 e. The van der Waals surface area contributed by atoms with Crippen molar-refractivity contribution < 1.29 is 17.5 Å². The van der Waals surface area contributed by atoms with Crippen LogP contribution in [0.2, 0.25) is 0 Å². The number of nitrogens with one attached hydrogen (secondary N) is 1. The van der Waals surface area contributed by atoms with E-state index in [2.05, 4.69) is 5.32 Å². The number of alkyl halides is 1. The van der Waals surface area contributed by atoms with Crippen LogP contribution in [0.4, 0.5) is 4.39 Å². The minimum atomic E-state index is -3.65. The van der Waals surface area contributed by atoms with Crippen LogP contribution in [0.3, 0.4) is 0 Å². The molecule has 0 aliphatic rings. The Morgan fingerprint density at radius 1 is 0.967 bits per heavy atom. The third-order valence-corrected chi connectivity index (χ3v) is 5.75. The smallest absolute Gasteiger partial charge is 0.268 e. The van der Waals surface area contributed by atoms with Gasteiger partial charge in [-0.25, -0.2) is 12.4 Å². The second-order valence-electron chi connectivity index (χ2n) is 5.52. The first kappa shape index (κ1) is 27.6. The molecule has 0 aliphatic carbocycles. The number of aromatic nitrogens is 1. The largest absolute Gasteiger partial charge is 0.492 e. The lowest BCUT2D eigenvalue weighted by Crippen LogP contribution is -2.16. The maximum atomic E-state index is 13.0. The van der Waals surface area contributed by atoms with Crippen molar-refractivity contribution in [2.75, 3.05) is 27.4 Å². The van der Waals surface area contributed by atoms with Gasteiger partial charge in [-0.2, -0.15) is 0 Å². The highest BCUT2D eigenvalue weighted by Gasteiger charge is 2.21. The number of nitrogens with zero attached hydrogens (tertiary/aromatic N) is 1. The Morgan fingerprint density at radius 2 is 1.60 bits per heavy atom. The predicted octanol–water partition coefficient (Wildman–Crippen LogP) is 5.42. The van der Waals surface area contributed by atoms with E-state index < -0.39 is 10.0 Å². The molecule has 1 aromatic heterocycles. The Bertz CT molecular complexity index is 969. The molecule has 0 bridgehead atoms. The lowest BCUT2D eigenvalue weighted by atomic mass is 10.2. The molecule has 3 rings (SSSR count). The average Bonchev–Trinajstić information content (AvgIpc) is 3.24. The van der Waals surface area contributed by atoms with Gasteiger partial charge in [0, 0.05) is 18.1 Å². The van der Waals surface area contributed by atoms with Crippen LogP contribution >= 0.6 is 0 Å². The number of rotatable bonds is 6. The van der Waals surface area contributed by atoms with Crippen LogP contribution in [0, 0.1) is 6.92 Å². The number of likely N-dealkylation sites (N-methyl/N-ethyl adjacent to an activating group) is 1. The number of benzene rings is 2. The highest BCUT2D eigenvalue weighted by molar-refractivity contribution is 7.90. The Hall–Kier alpha value is -2.38. The summed E-state index contributed by atoms with van der Waals surface area (Å²) in [5.74, 6) is 0.682. The van der Waals surface area contributed by atoms with Gasteiger partial charge in [-0.05, 0) is 43.8 Å². The van der Waals surface area contributed by atoms with E-state index >= 15 is 0 Å². The fourth-order valence-corrected chi connectivity index (χ4v) is 4.24. The van der Waals surface area contributed by atoms with Gasteiger partial charge in [0.1, 0.15) is 12.4 Å². The van der Waals surface area contributed by atoms with Gasteiger partial charge in [0.25, 0.3) is 10.0 Å². The van der Waals surface area contributed by atoms with Crippen LogP contribution < -0.4 is 10.1 Å². The molecule has 0 unspecified atom stereocenters. The van der Waals surface area contributed by atoms with Crippen molar-refractivity contribution in [2.24, 2.45) is 0 Å². The molecule has 7 heteroatoms. The molecule has 5 nitrogen and oxygen atoms in total. The SMILES string of the molecule is CC.CC.CF.CNCCOc1cccc2c1ccn2S(=O)(=O)c1ccccc1C. The van der Waals surface area contributed by atoms with Gasteiger partial charge in [0.15, 0.2) is 0 Å². The molecule has 0 spiro atoms. The minimum absolute atomic E-state index is 0.309. The first-order valence-corrected chi connectivity index (χ1v) is 11.6. The quantitative estimate of drug-likeness (QED) is 0.522. The molecular formula is C23H35FN2O3S. The predicted molar refractivity (Wildman–Crippen MR) is 125 cm³/mol. The summed E-state index contributed by atoms with van der Waals surface area (Å²) < 4.78 is 42.6. The Labute approximate surface area is 180 Å². The standard InChI is InChI=1S/C18H20N2O3S.2C2H6.CH3F/c1-14-6-3-4-9-18(14)24(21,22)20-12-10-15-16(20)7-5-8-17(15)23-13-11-19-2;3*1-2/h3-10,12,19H,11,13H2,1-2H3;2*1-2H3;1H3. The molecule has 30 heavy (non-hydrogen) atoms. The minimum Gasteiger partial charge on any atom is -0.492 e. The summed E-state index contributed by atoms with van der Waals surface area (Å²) in [6, 6.07) is 14.2. The van der Waals surface area contributed by atoms with Gasteiger partial charge in [0.2, 0.25) is 0 Å². The second-order valence-corrected chi connectivity index (χ2v) is 7.31. The van der Waals surface area contributed by atoms with Gasteiger partial charge in [-0.1, -0.05) is 52.0 Å². The number of hydrogen-bond acceptors (Lipinski definition) is 4. The normalized spacial score (nSPS) is 10.0. The summed E-state index contributed by atoms with van der Waals surface area (Å²) in [7, 11) is -1.29. The van der Waals surface area contributed by atoms with Gasteiger partial charge >= 0.3 is 0 Å². The van der Waals surface area contributed by atoms with E-state index in [4.69, 9.17) is 4.74 Å². The molecule has 168 valence electrons. The van der Waals surface area contributed by atoms with Crippen LogP contribution in [-0.2, 0) is 10.0 Å². The van der Waals surface area contributed by atoms with Crippen LogP contribution in [0.1, 0.15) is 33.3 Å². The molecule has 0 amide bonds. The average molecular weight is 439 g/mol. The zero-order chi connectivity index (χ0) is 23.2.